The number of hydrogen-bond donors (Lipinski definition) is 3. The van der Waals surface area contributed by atoms with Gasteiger partial charge in [-0.1, -0.05) is 23.7 Å². The van der Waals surface area contributed by atoms with Crippen molar-refractivity contribution in [1.82, 2.24) is 20.7 Å². The summed E-state index contributed by atoms with van der Waals surface area (Å²) in [6.45, 7) is 3.85. The third-order valence-corrected chi connectivity index (χ3v) is 3.45. The monoisotopic (exact) mass is 362 g/mol. The number of hydrazine groups is 1. The van der Waals surface area contributed by atoms with E-state index in [4.69, 9.17) is 11.6 Å². The van der Waals surface area contributed by atoms with Crippen LogP contribution < -0.4 is 21.7 Å². The van der Waals surface area contributed by atoms with E-state index in [1.165, 1.54) is 10.6 Å². The average molecular weight is 363 g/mol. The fourth-order valence-electron chi connectivity index (χ4n) is 2.15. The summed E-state index contributed by atoms with van der Waals surface area (Å²) in [7, 11) is 0. The lowest BCUT2D eigenvalue weighted by molar-refractivity contribution is 0.0934. The Morgan fingerprint density at radius 1 is 1.16 bits per heavy atom. The Kier molecular flexibility index (Phi) is 6.19. The molecule has 7 nitrogen and oxygen atoms in total. The molecule has 3 N–H and O–H groups in total. The van der Waals surface area contributed by atoms with Crippen LogP contribution in [0, 0.1) is 0 Å². The van der Waals surface area contributed by atoms with Crippen molar-refractivity contribution in [2.75, 3.05) is 0 Å². The molecule has 0 spiro atoms. The maximum absolute atomic E-state index is 12.5. The average Bonchev–Trinajstić information content (AvgIpc) is 2.54. The number of halogens is 1. The molecule has 132 valence electrons. The molecule has 1 heterocycles. The lowest BCUT2D eigenvalue weighted by Crippen LogP contribution is -2.49. The molecule has 0 aliphatic rings. The molecule has 8 heteroatoms. The first kappa shape index (κ1) is 18.5. The third-order valence-electron chi connectivity index (χ3n) is 3.22. The quantitative estimate of drug-likeness (QED) is 0.725. The Balaban J connectivity index is 2.11. The number of aromatic nitrogens is 1. The topological polar surface area (TPSA) is 92.2 Å². The van der Waals surface area contributed by atoms with Crippen LogP contribution in [0.15, 0.2) is 47.4 Å². The standard InChI is InChI=1S/C17H19ClN4O3/c1-11(2)19-17(25)21-20-15(23)14-7-4-8-22(16(14)24)10-12-5-3-6-13(18)9-12/h3-9,11H,10H2,1-2H3,(H,20,23)(H2,19,21,25). The van der Waals surface area contributed by atoms with Crippen molar-refractivity contribution in [3.8, 4) is 0 Å². The van der Waals surface area contributed by atoms with Crippen LogP contribution in [0.2, 0.25) is 5.02 Å². The maximum Gasteiger partial charge on any atom is 0.333 e. The van der Waals surface area contributed by atoms with Crippen molar-refractivity contribution in [3.63, 3.8) is 0 Å². The minimum absolute atomic E-state index is 0.0747. The first-order valence-electron chi connectivity index (χ1n) is 7.67. The summed E-state index contributed by atoms with van der Waals surface area (Å²) in [4.78, 5) is 36.1. The minimum atomic E-state index is -0.690. The van der Waals surface area contributed by atoms with Gasteiger partial charge in [-0.3, -0.25) is 15.0 Å². The lowest BCUT2D eigenvalue weighted by Gasteiger charge is -2.12. The van der Waals surface area contributed by atoms with E-state index in [2.05, 4.69) is 16.2 Å². The Bertz CT molecular complexity index is 833. The van der Waals surface area contributed by atoms with Crippen LogP contribution in [0.1, 0.15) is 29.8 Å². The summed E-state index contributed by atoms with van der Waals surface area (Å²) in [6.07, 6.45) is 1.58. The van der Waals surface area contributed by atoms with Crippen molar-refractivity contribution in [2.45, 2.75) is 26.4 Å². The maximum atomic E-state index is 12.5. The zero-order chi connectivity index (χ0) is 18.4. The van der Waals surface area contributed by atoms with Crippen LogP contribution in [0.5, 0.6) is 0 Å². The molecule has 0 aliphatic heterocycles. The van der Waals surface area contributed by atoms with Gasteiger partial charge in [0.15, 0.2) is 0 Å². The van der Waals surface area contributed by atoms with Gasteiger partial charge in [0.25, 0.3) is 11.5 Å². The van der Waals surface area contributed by atoms with E-state index >= 15 is 0 Å². The molecule has 1 aromatic heterocycles. The molecule has 0 unspecified atom stereocenters. The van der Waals surface area contributed by atoms with Crippen molar-refractivity contribution in [3.05, 3.63) is 69.1 Å². The molecule has 0 fully saturated rings. The van der Waals surface area contributed by atoms with Crippen LogP contribution >= 0.6 is 11.6 Å². The van der Waals surface area contributed by atoms with Gasteiger partial charge in [0, 0.05) is 17.3 Å². The highest BCUT2D eigenvalue weighted by molar-refractivity contribution is 6.30. The van der Waals surface area contributed by atoms with Gasteiger partial charge in [-0.25, -0.2) is 10.2 Å². The predicted octanol–water partition coefficient (Wildman–Crippen LogP) is 1.90. The van der Waals surface area contributed by atoms with Crippen molar-refractivity contribution in [2.24, 2.45) is 0 Å². The van der Waals surface area contributed by atoms with Crippen LogP contribution in [-0.2, 0) is 6.54 Å². The molecule has 25 heavy (non-hydrogen) atoms. The van der Waals surface area contributed by atoms with Gasteiger partial charge < -0.3 is 9.88 Å². The Morgan fingerprint density at radius 2 is 1.92 bits per heavy atom. The molecule has 2 rings (SSSR count). The SMILES string of the molecule is CC(C)NC(=O)NNC(=O)c1cccn(Cc2cccc(Cl)c2)c1=O. The summed E-state index contributed by atoms with van der Waals surface area (Å²) >= 11 is 5.94. The zero-order valence-electron chi connectivity index (χ0n) is 13.9. The first-order valence-corrected chi connectivity index (χ1v) is 8.05. The summed E-state index contributed by atoms with van der Waals surface area (Å²) in [5.41, 5.74) is 4.70. The highest BCUT2D eigenvalue weighted by atomic mass is 35.5. The molecule has 0 radical (unpaired) electrons. The molecule has 2 aromatic rings. The number of urea groups is 1. The lowest BCUT2D eigenvalue weighted by atomic mass is 10.2. The zero-order valence-corrected chi connectivity index (χ0v) is 14.6. The first-order chi connectivity index (χ1) is 11.9. The Morgan fingerprint density at radius 3 is 2.60 bits per heavy atom. The van der Waals surface area contributed by atoms with Crippen molar-refractivity contribution >= 4 is 23.5 Å². The van der Waals surface area contributed by atoms with Gasteiger partial charge in [-0.2, -0.15) is 0 Å². The Hall–Kier alpha value is -2.80. The van der Waals surface area contributed by atoms with E-state index < -0.39 is 17.5 Å². The van der Waals surface area contributed by atoms with E-state index in [1.54, 1.807) is 44.3 Å². The van der Waals surface area contributed by atoms with E-state index in [-0.39, 0.29) is 18.2 Å². The Labute approximate surface area is 150 Å². The van der Waals surface area contributed by atoms with E-state index in [1.807, 2.05) is 6.07 Å². The summed E-state index contributed by atoms with van der Waals surface area (Å²) in [5.74, 6) is -0.690. The number of pyridine rings is 1. The summed E-state index contributed by atoms with van der Waals surface area (Å²) in [5, 5.41) is 3.12. The number of rotatable bonds is 4. The smallest absolute Gasteiger partial charge is 0.333 e. The molecule has 1 aromatic carbocycles. The molecule has 0 atom stereocenters. The van der Waals surface area contributed by atoms with Crippen molar-refractivity contribution < 1.29 is 9.59 Å². The molecule has 0 aliphatic carbocycles. The number of carbonyl (C=O) groups is 2. The number of carbonyl (C=O) groups excluding carboxylic acids is 2. The molecule has 0 saturated heterocycles. The molecule has 0 bridgehead atoms. The van der Waals surface area contributed by atoms with Gasteiger partial charge in [0.05, 0.1) is 6.54 Å². The number of benzene rings is 1. The van der Waals surface area contributed by atoms with E-state index in [0.29, 0.717) is 5.02 Å². The summed E-state index contributed by atoms with van der Waals surface area (Å²) in [6, 6.07) is 9.47. The normalized spacial score (nSPS) is 10.4. The van der Waals surface area contributed by atoms with Crippen molar-refractivity contribution in [1.29, 1.82) is 0 Å². The molecular formula is C17H19ClN4O3. The number of hydrogen-bond acceptors (Lipinski definition) is 3. The third kappa shape index (κ3) is 5.36. The summed E-state index contributed by atoms with van der Waals surface area (Å²) < 4.78 is 1.40. The predicted molar refractivity (Wildman–Crippen MR) is 95.5 cm³/mol. The number of amides is 3. The van der Waals surface area contributed by atoms with Crippen LogP contribution in [0.25, 0.3) is 0 Å². The highest BCUT2D eigenvalue weighted by Crippen LogP contribution is 2.11. The minimum Gasteiger partial charge on any atom is -0.335 e. The number of nitrogens with zero attached hydrogens (tertiary/aromatic N) is 1. The fourth-order valence-corrected chi connectivity index (χ4v) is 2.36. The van der Waals surface area contributed by atoms with Gasteiger partial charge in [-0.05, 0) is 43.7 Å². The highest BCUT2D eigenvalue weighted by Gasteiger charge is 2.13. The van der Waals surface area contributed by atoms with Gasteiger partial charge in [0.1, 0.15) is 5.56 Å². The second-order valence-corrected chi connectivity index (χ2v) is 6.13. The fraction of sp³-hybridized carbons (Fsp3) is 0.235. The van der Waals surface area contributed by atoms with Crippen LogP contribution in [0.3, 0.4) is 0 Å². The molecular weight excluding hydrogens is 344 g/mol. The second kappa shape index (κ2) is 8.34. The van der Waals surface area contributed by atoms with Gasteiger partial charge >= 0.3 is 6.03 Å². The van der Waals surface area contributed by atoms with Crippen LogP contribution in [0.4, 0.5) is 4.79 Å². The van der Waals surface area contributed by atoms with E-state index in [0.717, 1.165) is 5.56 Å². The molecule has 3 amide bonds. The van der Waals surface area contributed by atoms with E-state index in [9.17, 15) is 14.4 Å². The largest absolute Gasteiger partial charge is 0.335 e. The molecule has 0 saturated carbocycles. The van der Waals surface area contributed by atoms with Crippen LogP contribution in [-0.4, -0.2) is 22.5 Å². The van der Waals surface area contributed by atoms with Gasteiger partial charge in [0.2, 0.25) is 0 Å². The number of nitrogens with one attached hydrogen (secondary N) is 3. The van der Waals surface area contributed by atoms with Gasteiger partial charge in [-0.15, -0.1) is 0 Å². The second-order valence-electron chi connectivity index (χ2n) is 5.69.